The molecule has 0 aliphatic carbocycles. The number of hydrogen-bond acceptors (Lipinski definition) is 3. The number of piperidine rings is 1. The fraction of sp³-hybridized carbons (Fsp3) is 0.923. The van der Waals surface area contributed by atoms with E-state index in [2.05, 4.69) is 25.9 Å². The number of amides is 1. The fourth-order valence-corrected chi connectivity index (χ4v) is 2.55. The van der Waals surface area contributed by atoms with Crippen LogP contribution in [-0.2, 0) is 4.79 Å². The van der Waals surface area contributed by atoms with Crippen LogP contribution in [0, 0.1) is 0 Å². The average molecular weight is 241 g/mol. The standard InChI is InChI=1S/C13H27N3O/c1-5-8-13(2,14)12(17)16-9-6-7-11(10-16)15(3)4/h11H,5-10,14H2,1-4H3. The van der Waals surface area contributed by atoms with Gasteiger partial charge in [-0.3, -0.25) is 4.79 Å². The summed E-state index contributed by atoms with van der Waals surface area (Å²) in [4.78, 5) is 16.5. The molecule has 17 heavy (non-hydrogen) atoms. The van der Waals surface area contributed by atoms with Gasteiger partial charge in [-0.1, -0.05) is 13.3 Å². The topological polar surface area (TPSA) is 49.6 Å². The molecule has 1 aliphatic rings. The Labute approximate surface area is 105 Å². The van der Waals surface area contributed by atoms with E-state index in [1.165, 1.54) is 6.42 Å². The predicted molar refractivity (Wildman–Crippen MR) is 70.8 cm³/mol. The third-order valence-electron chi connectivity index (χ3n) is 3.67. The molecule has 1 fully saturated rings. The van der Waals surface area contributed by atoms with Crippen LogP contribution in [-0.4, -0.2) is 54.5 Å². The summed E-state index contributed by atoms with van der Waals surface area (Å²) in [7, 11) is 4.15. The Bertz CT molecular complexity index is 263. The number of nitrogens with two attached hydrogens (primary N) is 1. The van der Waals surface area contributed by atoms with Crippen LogP contribution in [0.1, 0.15) is 39.5 Å². The van der Waals surface area contributed by atoms with Gasteiger partial charge >= 0.3 is 0 Å². The van der Waals surface area contributed by atoms with E-state index in [0.717, 1.165) is 32.4 Å². The summed E-state index contributed by atoms with van der Waals surface area (Å²) in [5.41, 5.74) is 5.43. The minimum atomic E-state index is -0.692. The highest BCUT2D eigenvalue weighted by molar-refractivity contribution is 5.85. The number of likely N-dealkylation sites (tertiary alicyclic amines) is 1. The largest absolute Gasteiger partial charge is 0.340 e. The van der Waals surface area contributed by atoms with E-state index in [-0.39, 0.29) is 5.91 Å². The molecule has 1 rings (SSSR count). The van der Waals surface area contributed by atoms with Crippen LogP contribution in [0.15, 0.2) is 0 Å². The maximum absolute atomic E-state index is 12.4. The number of carbonyl (C=O) groups is 1. The first-order valence-electron chi connectivity index (χ1n) is 6.63. The zero-order chi connectivity index (χ0) is 13.1. The lowest BCUT2D eigenvalue weighted by Gasteiger charge is -2.39. The summed E-state index contributed by atoms with van der Waals surface area (Å²) >= 11 is 0. The van der Waals surface area contributed by atoms with Gasteiger partial charge in [-0.05, 0) is 40.3 Å². The van der Waals surface area contributed by atoms with Gasteiger partial charge in [-0.2, -0.15) is 0 Å². The highest BCUT2D eigenvalue weighted by atomic mass is 16.2. The molecule has 1 saturated heterocycles. The molecule has 4 heteroatoms. The zero-order valence-electron chi connectivity index (χ0n) is 11.7. The van der Waals surface area contributed by atoms with Crippen molar-refractivity contribution < 1.29 is 4.79 Å². The van der Waals surface area contributed by atoms with E-state index < -0.39 is 5.54 Å². The van der Waals surface area contributed by atoms with Crippen LogP contribution < -0.4 is 5.73 Å². The molecular weight excluding hydrogens is 214 g/mol. The monoisotopic (exact) mass is 241 g/mol. The van der Waals surface area contributed by atoms with Crippen molar-refractivity contribution in [2.45, 2.75) is 51.1 Å². The Morgan fingerprint density at radius 3 is 2.71 bits per heavy atom. The lowest BCUT2D eigenvalue weighted by atomic mass is 9.94. The van der Waals surface area contributed by atoms with Crippen molar-refractivity contribution in [1.29, 1.82) is 0 Å². The lowest BCUT2D eigenvalue weighted by Crippen LogP contribution is -2.57. The summed E-state index contributed by atoms with van der Waals surface area (Å²) in [6.07, 6.45) is 3.96. The molecule has 0 aromatic rings. The van der Waals surface area contributed by atoms with Crippen molar-refractivity contribution in [2.24, 2.45) is 5.73 Å². The lowest BCUT2D eigenvalue weighted by molar-refractivity contribution is -0.138. The molecule has 0 aromatic heterocycles. The van der Waals surface area contributed by atoms with Crippen molar-refractivity contribution in [1.82, 2.24) is 9.80 Å². The number of carbonyl (C=O) groups excluding carboxylic acids is 1. The Morgan fingerprint density at radius 2 is 2.18 bits per heavy atom. The van der Waals surface area contributed by atoms with Crippen LogP contribution in [0.5, 0.6) is 0 Å². The maximum Gasteiger partial charge on any atom is 0.242 e. The van der Waals surface area contributed by atoms with Crippen molar-refractivity contribution in [2.75, 3.05) is 27.2 Å². The fourth-order valence-electron chi connectivity index (χ4n) is 2.55. The van der Waals surface area contributed by atoms with Gasteiger partial charge in [0, 0.05) is 19.1 Å². The Balaban J connectivity index is 2.63. The average Bonchev–Trinajstić information content (AvgIpc) is 2.28. The normalized spacial score (nSPS) is 24.8. The molecule has 0 aromatic carbocycles. The predicted octanol–water partition coefficient (Wildman–Crippen LogP) is 1.06. The molecule has 2 atom stereocenters. The third-order valence-corrected chi connectivity index (χ3v) is 3.67. The Hall–Kier alpha value is -0.610. The van der Waals surface area contributed by atoms with E-state index in [9.17, 15) is 4.79 Å². The number of rotatable bonds is 4. The van der Waals surface area contributed by atoms with Crippen molar-refractivity contribution in [3.63, 3.8) is 0 Å². The molecule has 4 nitrogen and oxygen atoms in total. The van der Waals surface area contributed by atoms with Crippen LogP contribution in [0.4, 0.5) is 0 Å². The summed E-state index contributed by atoms with van der Waals surface area (Å²) in [6, 6.07) is 0.477. The van der Waals surface area contributed by atoms with Crippen molar-refractivity contribution in [3.05, 3.63) is 0 Å². The molecule has 2 unspecified atom stereocenters. The first-order valence-corrected chi connectivity index (χ1v) is 6.63. The van der Waals surface area contributed by atoms with Gasteiger partial charge in [0.15, 0.2) is 0 Å². The SMILES string of the molecule is CCCC(C)(N)C(=O)N1CCCC(N(C)C)C1. The van der Waals surface area contributed by atoms with Crippen LogP contribution in [0.25, 0.3) is 0 Å². The molecule has 0 saturated carbocycles. The Morgan fingerprint density at radius 1 is 1.53 bits per heavy atom. The summed E-state index contributed by atoms with van der Waals surface area (Å²) in [5.74, 6) is 0.117. The van der Waals surface area contributed by atoms with E-state index in [0.29, 0.717) is 6.04 Å². The molecule has 2 N–H and O–H groups in total. The molecule has 100 valence electrons. The molecule has 0 bridgehead atoms. The van der Waals surface area contributed by atoms with Gasteiger partial charge in [0.2, 0.25) is 5.91 Å². The van der Waals surface area contributed by atoms with Crippen molar-refractivity contribution in [3.8, 4) is 0 Å². The zero-order valence-corrected chi connectivity index (χ0v) is 11.7. The van der Waals surface area contributed by atoms with Gasteiger partial charge in [-0.15, -0.1) is 0 Å². The third kappa shape index (κ3) is 3.68. The Kier molecular flexibility index (Phi) is 4.95. The molecule has 0 spiro atoms. The highest BCUT2D eigenvalue weighted by Gasteiger charge is 2.34. The number of nitrogens with zero attached hydrogens (tertiary/aromatic N) is 2. The first kappa shape index (κ1) is 14.5. The van der Waals surface area contributed by atoms with Gasteiger partial charge < -0.3 is 15.5 Å². The molecule has 1 heterocycles. The minimum absolute atomic E-state index is 0.117. The van der Waals surface area contributed by atoms with Crippen LogP contribution in [0.2, 0.25) is 0 Å². The second kappa shape index (κ2) is 5.83. The number of likely N-dealkylation sites (N-methyl/N-ethyl adjacent to an activating group) is 1. The smallest absolute Gasteiger partial charge is 0.242 e. The van der Waals surface area contributed by atoms with E-state index >= 15 is 0 Å². The maximum atomic E-state index is 12.4. The van der Waals surface area contributed by atoms with Gasteiger partial charge in [0.1, 0.15) is 0 Å². The molecular formula is C13H27N3O. The molecule has 0 radical (unpaired) electrons. The number of hydrogen-bond donors (Lipinski definition) is 1. The van der Waals surface area contributed by atoms with Gasteiger partial charge in [0.25, 0.3) is 0 Å². The van der Waals surface area contributed by atoms with E-state index in [1.54, 1.807) is 0 Å². The van der Waals surface area contributed by atoms with E-state index in [4.69, 9.17) is 5.73 Å². The first-order chi connectivity index (χ1) is 7.88. The van der Waals surface area contributed by atoms with Crippen molar-refractivity contribution >= 4 is 5.91 Å². The van der Waals surface area contributed by atoms with Gasteiger partial charge in [0.05, 0.1) is 5.54 Å². The summed E-state index contributed by atoms with van der Waals surface area (Å²) in [6.45, 7) is 5.61. The summed E-state index contributed by atoms with van der Waals surface area (Å²) in [5, 5.41) is 0. The molecule has 1 aliphatic heterocycles. The second-order valence-corrected chi connectivity index (χ2v) is 5.68. The van der Waals surface area contributed by atoms with Crippen LogP contribution >= 0.6 is 0 Å². The quantitative estimate of drug-likeness (QED) is 0.800. The molecule has 1 amide bonds. The second-order valence-electron chi connectivity index (χ2n) is 5.68. The van der Waals surface area contributed by atoms with Crippen LogP contribution in [0.3, 0.4) is 0 Å². The van der Waals surface area contributed by atoms with E-state index in [1.807, 2.05) is 11.8 Å². The summed E-state index contributed by atoms with van der Waals surface area (Å²) < 4.78 is 0. The minimum Gasteiger partial charge on any atom is -0.340 e. The highest BCUT2D eigenvalue weighted by Crippen LogP contribution is 2.19. The van der Waals surface area contributed by atoms with Gasteiger partial charge in [-0.25, -0.2) is 0 Å².